The predicted molar refractivity (Wildman–Crippen MR) is 43.8 cm³/mol. The van der Waals surface area contributed by atoms with Gasteiger partial charge in [0.05, 0.1) is 6.04 Å². The number of Topliss-reactive ketones (excluding diaryl/α,β-unsaturated/α-hetero) is 2. The van der Waals surface area contributed by atoms with Gasteiger partial charge in [0.25, 0.3) is 5.78 Å². The van der Waals surface area contributed by atoms with Gasteiger partial charge in [-0.05, 0) is 0 Å². The zero-order chi connectivity index (χ0) is 9.84. The van der Waals surface area contributed by atoms with Crippen molar-refractivity contribution in [3.8, 4) is 0 Å². The van der Waals surface area contributed by atoms with Crippen molar-refractivity contribution in [2.24, 2.45) is 5.73 Å². The topological polar surface area (TPSA) is 101 Å². The van der Waals surface area contributed by atoms with E-state index in [2.05, 4.69) is 10.6 Å². The molecule has 72 valence electrons. The van der Waals surface area contributed by atoms with Crippen LogP contribution in [0, 0.1) is 0 Å². The number of carbonyl (C=O) groups excluding carboxylic acids is 3. The molecule has 1 aliphatic rings. The van der Waals surface area contributed by atoms with Crippen molar-refractivity contribution in [2.75, 3.05) is 13.2 Å². The Hall–Kier alpha value is -1.11. The lowest BCUT2D eigenvalue weighted by molar-refractivity contribution is -0.141. The van der Waals surface area contributed by atoms with Crippen molar-refractivity contribution in [3.63, 3.8) is 0 Å². The number of ketones is 2. The quantitative estimate of drug-likeness (QED) is 0.249. The Morgan fingerprint density at radius 3 is 2.69 bits per heavy atom. The minimum atomic E-state index is -1.03. The maximum absolute atomic E-state index is 11.2. The third kappa shape index (κ3) is 2.18. The van der Waals surface area contributed by atoms with Gasteiger partial charge >= 0.3 is 0 Å². The molecule has 13 heavy (non-hydrogen) atoms. The maximum atomic E-state index is 11.2. The molecule has 0 bridgehead atoms. The smallest absolute Gasteiger partial charge is 0.262 e. The summed E-state index contributed by atoms with van der Waals surface area (Å²) in [5.41, 5.74) is 5.56. The molecule has 2 unspecified atom stereocenters. The number of hydrogen-bond acceptors (Lipinski definition) is 6. The van der Waals surface area contributed by atoms with Gasteiger partial charge in [0.2, 0.25) is 5.78 Å². The Labute approximate surface area is 74.8 Å². The number of carbonyl (C=O) groups is 3. The largest absolute Gasteiger partial charge is 0.325 e. The second-order valence-electron chi connectivity index (χ2n) is 2.82. The second-order valence-corrected chi connectivity index (χ2v) is 2.82. The molecule has 1 fully saturated rings. The molecule has 0 amide bonds. The highest BCUT2D eigenvalue weighted by Gasteiger charge is 2.31. The van der Waals surface area contributed by atoms with Gasteiger partial charge in [-0.2, -0.15) is 0 Å². The van der Waals surface area contributed by atoms with Crippen LogP contribution in [0.1, 0.15) is 0 Å². The Kier molecular flexibility index (Phi) is 3.24. The van der Waals surface area contributed by atoms with Crippen LogP contribution in [0.4, 0.5) is 0 Å². The van der Waals surface area contributed by atoms with Crippen molar-refractivity contribution >= 4 is 17.9 Å². The Morgan fingerprint density at radius 1 is 1.46 bits per heavy atom. The van der Waals surface area contributed by atoms with Crippen molar-refractivity contribution in [1.82, 2.24) is 10.6 Å². The zero-order valence-corrected chi connectivity index (χ0v) is 6.95. The normalized spacial score (nSPS) is 28.1. The Morgan fingerprint density at radius 2 is 2.15 bits per heavy atom. The monoisotopic (exact) mass is 185 g/mol. The molecule has 1 saturated heterocycles. The van der Waals surface area contributed by atoms with Crippen LogP contribution in [0.5, 0.6) is 0 Å². The number of hydrogen-bond donors (Lipinski definition) is 3. The Balaban J connectivity index is 2.63. The fraction of sp³-hybridized carbons (Fsp3) is 0.571. The Bertz CT molecular complexity index is 241. The standard InChI is InChI=1S/C7H11N3O3/c8-4-1-9-3-10-6(4)7(13)5(12)2-11/h2,4,6,9-10H,1,3,8H2. The summed E-state index contributed by atoms with van der Waals surface area (Å²) >= 11 is 0. The van der Waals surface area contributed by atoms with E-state index in [1.165, 1.54) is 0 Å². The van der Waals surface area contributed by atoms with Gasteiger partial charge in [-0.1, -0.05) is 0 Å². The van der Waals surface area contributed by atoms with Gasteiger partial charge in [0.15, 0.2) is 6.29 Å². The van der Waals surface area contributed by atoms with Gasteiger partial charge in [0, 0.05) is 19.3 Å². The predicted octanol–water partition coefficient (Wildman–Crippen LogP) is -2.83. The summed E-state index contributed by atoms with van der Waals surface area (Å²) in [6.07, 6.45) is 0.0127. The van der Waals surface area contributed by atoms with E-state index in [1.807, 2.05) is 0 Å². The van der Waals surface area contributed by atoms with Crippen LogP contribution >= 0.6 is 0 Å². The molecule has 1 rings (SSSR count). The van der Waals surface area contributed by atoms with Crippen molar-refractivity contribution in [1.29, 1.82) is 0 Å². The first-order valence-electron chi connectivity index (χ1n) is 3.90. The fourth-order valence-corrected chi connectivity index (χ4v) is 1.19. The molecule has 0 saturated carbocycles. The van der Waals surface area contributed by atoms with E-state index in [4.69, 9.17) is 5.73 Å². The van der Waals surface area contributed by atoms with Crippen molar-refractivity contribution in [3.05, 3.63) is 0 Å². The van der Waals surface area contributed by atoms with E-state index in [9.17, 15) is 14.4 Å². The average molecular weight is 185 g/mol. The number of aldehydes is 1. The first-order valence-corrected chi connectivity index (χ1v) is 3.90. The van der Waals surface area contributed by atoms with E-state index in [-0.39, 0.29) is 6.29 Å². The van der Waals surface area contributed by atoms with E-state index in [0.717, 1.165) is 0 Å². The summed E-state index contributed by atoms with van der Waals surface area (Å²) in [5, 5.41) is 5.61. The lowest BCUT2D eigenvalue weighted by Crippen LogP contribution is -2.62. The summed E-state index contributed by atoms with van der Waals surface area (Å²) in [7, 11) is 0. The average Bonchev–Trinajstić information content (AvgIpc) is 2.16. The first-order chi connectivity index (χ1) is 6.16. The molecule has 4 N–H and O–H groups in total. The number of nitrogens with one attached hydrogen (secondary N) is 2. The molecular weight excluding hydrogens is 174 g/mol. The highest BCUT2D eigenvalue weighted by atomic mass is 16.2. The van der Waals surface area contributed by atoms with E-state index in [1.54, 1.807) is 0 Å². The van der Waals surface area contributed by atoms with Crippen LogP contribution in [0.15, 0.2) is 0 Å². The molecule has 0 spiro atoms. The summed E-state index contributed by atoms with van der Waals surface area (Å²) in [4.78, 5) is 32.0. The minimum Gasteiger partial charge on any atom is -0.325 e. The van der Waals surface area contributed by atoms with E-state index < -0.39 is 23.7 Å². The van der Waals surface area contributed by atoms with Gasteiger partial charge in [-0.15, -0.1) is 0 Å². The molecule has 0 aromatic rings. The van der Waals surface area contributed by atoms with Crippen molar-refractivity contribution < 1.29 is 14.4 Å². The van der Waals surface area contributed by atoms with E-state index in [0.29, 0.717) is 13.2 Å². The number of nitrogens with two attached hydrogens (primary N) is 1. The highest BCUT2D eigenvalue weighted by Crippen LogP contribution is 1.96. The van der Waals surface area contributed by atoms with Gasteiger partial charge in [-0.3, -0.25) is 19.7 Å². The molecule has 0 aliphatic carbocycles. The van der Waals surface area contributed by atoms with Crippen LogP contribution < -0.4 is 16.4 Å². The first kappa shape index (κ1) is 9.97. The number of rotatable bonds is 3. The van der Waals surface area contributed by atoms with Gasteiger partial charge in [0.1, 0.15) is 0 Å². The summed E-state index contributed by atoms with van der Waals surface area (Å²) in [6.45, 7) is 0.867. The SMILES string of the molecule is NC1CNCNC1C(=O)C(=O)C=O. The third-order valence-electron chi connectivity index (χ3n) is 1.89. The summed E-state index contributed by atoms with van der Waals surface area (Å²) < 4.78 is 0. The summed E-state index contributed by atoms with van der Waals surface area (Å²) in [5.74, 6) is -1.79. The molecule has 0 aromatic heterocycles. The van der Waals surface area contributed by atoms with Crippen LogP contribution in [0.3, 0.4) is 0 Å². The molecule has 1 aliphatic heterocycles. The van der Waals surface area contributed by atoms with Crippen LogP contribution in [-0.4, -0.2) is 43.1 Å². The maximum Gasteiger partial charge on any atom is 0.262 e. The van der Waals surface area contributed by atoms with Crippen LogP contribution in [0.2, 0.25) is 0 Å². The molecule has 0 radical (unpaired) electrons. The lowest BCUT2D eigenvalue weighted by atomic mass is 10.0. The fourth-order valence-electron chi connectivity index (χ4n) is 1.19. The van der Waals surface area contributed by atoms with Crippen LogP contribution in [0.25, 0.3) is 0 Å². The van der Waals surface area contributed by atoms with Crippen molar-refractivity contribution in [2.45, 2.75) is 12.1 Å². The molecular formula is C7H11N3O3. The lowest BCUT2D eigenvalue weighted by Gasteiger charge is -2.28. The van der Waals surface area contributed by atoms with Gasteiger partial charge < -0.3 is 11.1 Å². The molecule has 1 heterocycles. The zero-order valence-electron chi connectivity index (χ0n) is 6.95. The second kappa shape index (κ2) is 4.22. The molecule has 0 aromatic carbocycles. The van der Waals surface area contributed by atoms with E-state index >= 15 is 0 Å². The minimum absolute atomic E-state index is 0.0127. The third-order valence-corrected chi connectivity index (χ3v) is 1.89. The molecule has 2 atom stereocenters. The highest BCUT2D eigenvalue weighted by molar-refractivity contribution is 6.59. The van der Waals surface area contributed by atoms with Gasteiger partial charge in [-0.25, -0.2) is 0 Å². The molecule has 6 heteroatoms. The summed E-state index contributed by atoms with van der Waals surface area (Å²) in [6, 6.07) is -1.20. The molecule has 6 nitrogen and oxygen atoms in total. The van der Waals surface area contributed by atoms with Crippen LogP contribution in [-0.2, 0) is 14.4 Å².